The molecule has 0 aromatic carbocycles. The third-order valence-electron chi connectivity index (χ3n) is 6.07. The molecular weight excluding hydrogens is 322 g/mol. The van der Waals surface area contributed by atoms with Crippen LogP contribution < -0.4 is 0 Å². The van der Waals surface area contributed by atoms with Crippen molar-refractivity contribution in [1.82, 2.24) is 9.29 Å². The summed E-state index contributed by atoms with van der Waals surface area (Å²) < 4.78 is 27.6. The fourth-order valence-electron chi connectivity index (χ4n) is 4.66. The van der Waals surface area contributed by atoms with Crippen LogP contribution in [0.3, 0.4) is 0 Å². The lowest BCUT2D eigenvalue weighted by molar-refractivity contribution is 0.315. The molecule has 0 N–H and O–H groups in total. The van der Waals surface area contributed by atoms with Gasteiger partial charge < -0.3 is 0 Å². The van der Waals surface area contributed by atoms with Crippen LogP contribution in [0.15, 0.2) is 18.3 Å². The lowest BCUT2D eigenvalue weighted by Crippen LogP contribution is -2.40. The SMILES string of the molecule is N#Cc1ccc(C2CCN(S(=O)(=O)C3C4CCCCC43)CC2)nc1. The van der Waals surface area contributed by atoms with Crippen molar-refractivity contribution in [3.05, 3.63) is 29.6 Å². The predicted molar refractivity (Wildman–Crippen MR) is 90.7 cm³/mol. The quantitative estimate of drug-likeness (QED) is 0.844. The zero-order valence-corrected chi connectivity index (χ0v) is 14.6. The summed E-state index contributed by atoms with van der Waals surface area (Å²) in [5.41, 5.74) is 1.54. The van der Waals surface area contributed by atoms with Crippen molar-refractivity contribution in [2.24, 2.45) is 11.8 Å². The number of fused-ring (bicyclic) bond motifs is 1. The summed E-state index contributed by atoms with van der Waals surface area (Å²) >= 11 is 0. The first-order chi connectivity index (χ1) is 11.6. The summed E-state index contributed by atoms with van der Waals surface area (Å²) in [6.45, 7) is 1.20. The highest BCUT2D eigenvalue weighted by atomic mass is 32.2. The van der Waals surface area contributed by atoms with E-state index in [0.717, 1.165) is 31.4 Å². The van der Waals surface area contributed by atoms with Gasteiger partial charge in [0.05, 0.1) is 10.8 Å². The molecule has 128 valence electrons. The van der Waals surface area contributed by atoms with E-state index in [4.69, 9.17) is 5.26 Å². The van der Waals surface area contributed by atoms with Gasteiger partial charge in [-0.3, -0.25) is 4.98 Å². The summed E-state index contributed by atoms with van der Waals surface area (Å²) in [6.07, 6.45) is 7.83. The topological polar surface area (TPSA) is 74.1 Å². The molecule has 2 unspecified atom stereocenters. The van der Waals surface area contributed by atoms with E-state index in [0.29, 0.717) is 36.4 Å². The Balaban J connectivity index is 1.40. The standard InChI is InChI=1S/C18H23N3O2S/c19-11-13-5-6-17(20-12-13)14-7-9-21(10-8-14)24(22,23)18-15-3-1-2-4-16(15)18/h5-6,12,14-16,18H,1-4,7-10H2. The third kappa shape index (κ3) is 2.74. The van der Waals surface area contributed by atoms with Crippen LogP contribution in [0.5, 0.6) is 0 Å². The van der Waals surface area contributed by atoms with Crippen molar-refractivity contribution in [3.63, 3.8) is 0 Å². The van der Waals surface area contributed by atoms with Crippen LogP contribution in [-0.2, 0) is 10.0 Å². The van der Waals surface area contributed by atoms with E-state index in [2.05, 4.69) is 11.1 Å². The highest BCUT2D eigenvalue weighted by molar-refractivity contribution is 7.90. The van der Waals surface area contributed by atoms with Gasteiger partial charge in [-0.2, -0.15) is 5.26 Å². The van der Waals surface area contributed by atoms with Gasteiger partial charge in [0.25, 0.3) is 0 Å². The van der Waals surface area contributed by atoms with Crippen molar-refractivity contribution >= 4 is 10.0 Å². The average Bonchev–Trinajstić information content (AvgIpc) is 3.37. The Morgan fingerprint density at radius 2 is 1.75 bits per heavy atom. The fraction of sp³-hybridized carbons (Fsp3) is 0.667. The van der Waals surface area contributed by atoms with Gasteiger partial charge in [-0.15, -0.1) is 0 Å². The molecule has 6 heteroatoms. The van der Waals surface area contributed by atoms with Gasteiger partial charge in [-0.1, -0.05) is 12.8 Å². The Hall–Kier alpha value is -1.45. The number of aromatic nitrogens is 1. The van der Waals surface area contributed by atoms with Gasteiger partial charge in [0.2, 0.25) is 10.0 Å². The van der Waals surface area contributed by atoms with Crippen LogP contribution in [0.2, 0.25) is 0 Å². The molecule has 0 radical (unpaired) electrons. The minimum atomic E-state index is -3.12. The highest BCUT2D eigenvalue weighted by Gasteiger charge is 2.59. The van der Waals surface area contributed by atoms with E-state index in [9.17, 15) is 8.42 Å². The molecule has 2 heterocycles. The number of rotatable bonds is 3. The van der Waals surface area contributed by atoms with Crippen LogP contribution in [0, 0.1) is 23.2 Å². The Morgan fingerprint density at radius 3 is 2.29 bits per heavy atom. The summed E-state index contributed by atoms with van der Waals surface area (Å²) in [4.78, 5) is 4.38. The first-order valence-corrected chi connectivity index (χ1v) is 10.5. The fourth-order valence-corrected chi connectivity index (χ4v) is 7.19. The van der Waals surface area contributed by atoms with Gasteiger partial charge in [0, 0.05) is 30.9 Å². The molecule has 1 aromatic heterocycles. The molecule has 2 aliphatic carbocycles. The molecule has 4 rings (SSSR count). The first kappa shape index (κ1) is 16.0. The average molecular weight is 345 g/mol. The second-order valence-electron chi connectivity index (χ2n) is 7.38. The van der Waals surface area contributed by atoms with Crippen molar-refractivity contribution < 1.29 is 8.42 Å². The molecule has 3 fully saturated rings. The van der Waals surface area contributed by atoms with Crippen molar-refractivity contribution in [1.29, 1.82) is 5.26 Å². The maximum Gasteiger partial charge on any atom is 0.217 e. The molecule has 2 atom stereocenters. The van der Waals surface area contributed by atoms with Crippen molar-refractivity contribution in [3.8, 4) is 6.07 Å². The smallest absolute Gasteiger partial charge is 0.217 e. The summed E-state index contributed by atoms with van der Waals surface area (Å²) in [7, 11) is -3.12. The Bertz CT molecular complexity index is 733. The third-order valence-corrected chi connectivity index (χ3v) is 8.54. The van der Waals surface area contributed by atoms with Crippen LogP contribution >= 0.6 is 0 Å². The molecule has 0 amide bonds. The van der Waals surface area contributed by atoms with E-state index >= 15 is 0 Å². The minimum Gasteiger partial charge on any atom is -0.260 e. The van der Waals surface area contributed by atoms with E-state index in [1.54, 1.807) is 16.6 Å². The number of hydrogen-bond acceptors (Lipinski definition) is 4. The lowest BCUT2D eigenvalue weighted by atomic mass is 9.94. The molecule has 1 aliphatic heterocycles. The summed E-state index contributed by atoms with van der Waals surface area (Å²) in [6, 6.07) is 5.78. The molecule has 1 saturated heterocycles. The van der Waals surface area contributed by atoms with E-state index in [1.807, 2.05) is 6.07 Å². The number of hydrogen-bond donors (Lipinski definition) is 0. The normalized spacial score (nSPS) is 31.2. The maximum absolute atomic E-state index is 12.9. The van der Waals surface area contributed by atoms with E-state index in [-0.39, 0.29) is 5.25 Å². The maximum atomic E-state index is 12.9. The minimum absolute atomic E-state index is 0.0930. The van der Waals surface area contributed by atoms with Gasteiger partial charge in [0.15, 0.2) is 0 Å². The predicted octanol–water partition coefficient (Wildman–Crippen LogP) is 2.65. The monoisotopic (exact) mass is 345 g/mol. The van der Waals surface area contributed by atoms with Gasteiger partial charge >= 0.3 is 0 Å². The summed E-state index contributed by atoms with van der Waals surface area (Å²) in [5, 5.41) is 8.75. The Kier molecular flexibility index (Phi) is 4.09. The van der Waals surface area contributed by atoms with E-state index in [1.165, 1.54) is 12.8 Å². The summed E-state index contributed by atoms with van der Waals surface area (Å²) in [5.74, 6) is 1.16. The molecule has 0 spiro atoms. The number of nitriles is 1. The Labute approximate surface area is 143 Å². The molecule has 1 aromatic rings. The van der Waals surface area contributed by atoms with E-state index < -0.39 is 10.0 Å². The largest absolute Gasteiger partial charge is 0.260 e. The van der Waals surface area contributed by atoms with Crippen molar-refractivity contribution in [2.75, 3.05) is 13.1 Å². The second kappa shape index (κ2) is 6.12. The number of piperidine rings is 1. The molecule has 24 heavy (non-hydrogen) atoms. The lowest BCUT2D eigenvalue weighted by Gasteiger charge is -2.31. The number of sulfonamides is 1. The Morgan fingerprint density at radius 1 is 1.08 bits per heavy atom. The molecular formula is C18H23N3O2S. The highest BCUT2D eigenvalue weighted by Crippen LogP contribution is 2.54. The number of nitrogens with zero attached hydrogens (tertiary/aromatic N) is 3. The first-order valence-electron chi connectivity index (χ1n) is 8.96. The van der Waals surface area contributed by atoms with Crippen LogP contribution in [0.4, 0.5) is 0 Å². The molecule has 2 saturated carbocycles. The van der Waals surface area contributed by atoms with Crippen LogP contribution in [-0.4, -0.2) is 36.0 Å². The number of pyridine rings is 1. The van der Waals surface area contributed by atoms with Crippen molar-refractivity contribution in [2.45, 2.75) is 49.7 Å². The molecule has 5 nitrogen and oxygen atoms in total. The molecule has 0 bridgehead atoms. The van der Waals surface area contributed by atoms with Gasteiger partial charge in [-0.25, -0.2) is 12.7 Å². The zero-order chi connectivity index (χ0) is 16.7. The zero-order valence-electron chi connectivity index (χ0n) is 13.8. The van der Waals surface area contributed by atoms with Gasteiger partial charge in [-0.05, 0) is 49.7 Å². The second-order valence-corrected chi connectivity index (χ2v) is 9.47. The van der Waals surface area contributed by atoms with Crippen LogP contribution in [0.1, 0.15) is 55.7 Å². The molecule has 3 aliphatic rings. The van der Waals surface area contributed by atoms with Crippen LogP contribution in [0.25, 0.3) is 0 Å². The van der Waals surface area contributed by atoms with Gasteiger partial charge in [0.1, 0.15) is 6.07 Å².